The summed E-state index contributed by atoms with van der Waals surface area (Å²) in [7, 11) is 0. The van der Waals surface area contributed by atoms with Crippen molar-refractivity contribution in [3.05, 3.63) is 120 Å². The van der Waals surface area contributed by atoms with Gasteiger partial charge in [-0.25, -0.2) is 9.59 Å². The maximum atomic E-state index is 12.6. The van der Waals surface area contributed by atoms with Crippen molar-refractivity contribution < 1.29 is 54.9 Å². The topological polar surface area (TPSA) is 96.8 Å². The highest BCUT2D eigenvalue weighted by Gasteiger charge is 2.32. The normalized spacial score (nSPS) is 11.9. The van der Waals surface area contributed by atoms with Gasteiger partial charge in [-0.1, -0.05) is 36.4 Å². The van der Waals surface area contributed by atoms with Crippen LogP contribution in [-0.4, -0.2) is 34.6 Å². The highest BCUT2D eigenvalue weighted by atomic mass is 19.4. The largest absolute Gasteiger partial charge is 0.573 e. The summed E-state index contributed by atoms with van der Waals surface area (Å²) in [6.45, 7) is -0.361. The third kappa shape index (κ3) is 10.8. The molecule has 4 aromatic rings. The van der Waals surface area contributed by atoms with E-state index in [2.05, 4.69) is 19.4 Å². The molecule has 0 aliphatic carbocycles. The standard InChI is InChI=1S/C32H22F6N2O6/c33-31(34,35)45-27-7-3-1-5-23(27)9-11-29(41)43-19-21-13-15-39-25(17-21)26-18-22(14-16-40-26)20-44-30(42)12-10-24-6-2-4-8-28(24)46-32(36,37)38/h1-18H,19-20H2/b11-9+,12-10+. The maximum Gasteiger partial charge on any atom is 0.573 e. The predicted octanol–water partition coefficient (Wildman–Crippen LogP) is 7.45. The molecule has 0 aliphatic heterocycles. The van der Waals surface area contributed by atoms with E-state index >= 15 is 0 Å². The molecule has 4 rings (SSSR count). The van der Waals surface area contributed by atoms with E-state index in [0.29, 0.717) is 22.5 Å². The Bertz CT molecular complexity index is 1610. The van der Waals surface area contributed by atoms with Crippen molar-refractivity contribution in [1.29, 1.82) is 0 Å². The van der Waals surface area contributed by atoms with Crippen LogP contribution in [0.25, 0.3) is 23.5 Å². The Balaban J connectivity index is 1.33. The Labute approximate surface area is 257 Å². The average Bonchev–Trinajstić information content (AvgIpc) is 3.01. The number of aromatic nitrogens is 2. The molecule has 0 fully saturated rings. The van der Waals surface area contributed by atoms with Gasteiger partial charge in [0.05, 0.1) is 11.4 Å². The van der Waals surface area contributed by atoms with Gasteiger partial charge in [-0.05, 0) is 59.7 Å². The first-order valence-electron chi connectivity index (χ1n) is 13.1. The van der Waals surface area contributed by atoms with Crippen LogP contribution in [0.4, 0.5) is 26.3 Å². The number of benzene rings is 2. The smallest absolute Gasteiger partial charge is 0.458 e. The first kappa shape index (κ1) is 33.2. The maximum absolute atomic E-state index is 12.6. The second kappa shape index (κ2) is 14.9. The van der Waals surface area contributed by atoms with Gasteiger partial charge in [0.25, 0.3) is 0 Å². The van der Waals surface area contributed by atoms with Crippen molar-refractivity contribution in [3.63, 3.8) is 0 Å². The first-order chi connectivity index (χ1) is 21.8. The summed E-state index contributed by atoms with van der Waals surface area (Å²) in [6, 6.07) is 17.0. The summed E-state index contributed by atoms with van der Waals surface area (Å²) < 4.78 is 93.9. The van der Waals surface area contributed by atoms with Crippen molar-refractivity contribution in [2.24, 2.45) is 0 Å². The van der Waals surface area contributed by atoms with Gasteiger partial charge in [-0.3, -0.25) is 9.97 Å². The van der Waals surface area contributed by atoms with Gasteiger partial charge >= 0.3 is 24.7 Å². The molecule has 0 aliphatic rings. The third-order valence-corrected chi connectivity index (χ3v) is 5.76. The number of carbonyl (C=O) groups excluding carboxylic acids is 2. The van der Waals surface area contributed by atoms with Gasteiger partial charge in [-0.2, -0.15) is 0 Å². The Hall–Kier alpha value is -5.66. The van der Waals surface area contributed by atoms with E-state index < -0.39 is 36.2 Å². The number of hydrogen-bond acceptors (Lipinski definition) is 8. The van der Waals surface area contributed by atoms with Crippen LogP contribution in [0.5, 0.6) is 11.5 Å². The van der Waals surface area contributed by atoms with Crippen LogP contribution in [0, 0.1) is 0 Å². The highest BCUT2D eigenvalue weighted by molar-refractivity contribution is 5.88. The third-order valence-electron chi connectivity index (χ3n) is 5.76. The van der Waals surface area contributed by atoms with E-state index in [1.807, 2.05) is 0 Å². The number of alkyl halides is 6. The molecule has 8 nitrogen and oxygen atoms in total. The lowest BCUT2D eigenvalue weighted by Crippen LogP contribution is -2.17. The number of esters is 2. The molecule has 0 bridgehead atoms. The molecule has 2 heterocycles. The minimum absolute atomic E-state index is 0.0245. The van der Waals surface area contributed by atoms with E-state index in [1.54, 1.807) is 24.3 Å². The summed E-state index contributed by atoms with van der Waals surface area (Å²) in [5, 5.41) is 0. The van der Waals surface area contributed by atoms with Crippen LogP contribution in [0.1, 0.15) is 22.3 Å². The van der Waals surface area contributed by atoms with Gasteiger partial charge in [0, 0.05) is 35.7 Å². The van der Waals surface area contributed by atoms with E-state index in [9.17, 15) is 35.9 Å². The molecule has 2 aromatic carbocycles. The van der Waals surface area contributed by atoms with Crippen LogP contribution in [0.15, 0.2) is 97.3 Å². The molecule has 0 saturated carbocycles. The van der Waals surface area contributed by atoms with Crippen molar-refractivity contribution in [3.8, 4) is 22.9 Å². The molecule has 0 amide bonds. The Kier molecular flexibility index (Phi) is 10.8. The number of ether oxygens (including phenoxy) is 4. The summed E-state index contributed by atoms with van der Waals surface area (Å²) in [5.41, 5.74) is 1.92. The Morgan fingerprint density at radius 3 is 1.39 bits per heavy atom. The van der Waals surface area contributed by atoms with E-state index in [0.717, 1.165) is 36.4 Å². The fraction of sp³-hybridized carbons (Fsp3) is 0.125. The second-order valence-corrected chi connectivity index (χ2v) is 9.15. The van der Waals surface area contributed by atoms with E-state index in [4.69, 9.17) is 9.47 Å². The average molecular weight is 645 g/mol. The first-order valence-corrected chi connectivity index (χ1v) is 13.1. The highest BCUT2D eigenvalue weighted by Crippen LogP contribution is 2.28. The molecule has 238 valence electrons. The van der Waals surface area contributed by atoms with Crippen molar-refractivity contribution >= 4 is 24.1 Å². The zero-order chi connectivity index (χ0) is 33.2. The van der Waals surface area contributed by atoms with Crippen molar-refractivity contribution in [2.75, 3.05) is 0 Å². The minimum Gasteiger partial charge on any atom is -0.458 e. The molecule has 14 heteroatoms. The number of para-hydroxylation sites is 2. The van der Waals surface area contributed by atoms with Gasteiger partial charge in [-0.15, -0.1) is 26.3 Å². The lowest BCUT2D eigenvalue weighted by atomic mass is 10.1. The fourth-order valence-electron chi connectivity index (χ4n) is 3.80. The lowest BCUT2D eigenvalue weighted by molar-refractivity contribution is -0.275. The molecular weight excluding hydrogens is 622 g/mol. The van der Waals surface area contributed by atoms with Crippen LogP contribution in [0.3, 0.4) is 0 Å². The van der Waals surface area contributed by atoms with Crippen LogP contribution < -0.4 is 9.47 Å². The number of halogens is 6. The minimum atomic E-state index is -4.89. The molecule has 0 atom stereocenters. The number of carbonyl (C=O) groups is 2. The molecule has 0 radical (unpaired) electrons. The summed E-state index contributed by atoms with van der Waals surface area (Å²) in [5.74, 6) is -2.57. The van der Waals surface area contributed by atoms with Crippen LogP contribution in [-0.2, 0) is 32.3 Å². The molecule has 0 N–H and O–H groups in total. The second-order valence-electron chi connectivity index (χ2n) is 9.15. The van der Waals surface area contributed by atoms with Gasteiger partial charge < -0.3 is 18.9 Å². The molecule has 0 spiro atoms. The summed E-state index contributed by atoms with van der Waals surface area (Å²) in [6.07, 6.45) is -2.66. The van der Waals surface area contributed by atoms with E-state index in [1.165, 1.54) is 48.8 Å². The van der Waals surface area contributed by atoms with Crippen molar-refractivity contribution in [2.45, 2.75) is 25.9 Å². The monoisotopic (exact) mass is 644 g/mol. The van der Waals surface area contributed by atoms with Gasteiger partial charge in [0.1, 0.15) is 24.7 Å². The number of rotatable bonds is 11. The lowest BCUT2D eigenvalue weighted by Gasteiger charge is -2.11. The Morgan fingerprint density at radius 1 is 0.609 bits per heavy atom. The molecule has 46 heavy (non-hydrogen) atoms. The molecule has 0 unspecified atom stereocenters. The quantitative estimate of drug-likeness (QED) is 0.0944. The number of pyridine rings is 2. The Morgan fingerprint density at radius 2 is 1.00 bits per heavy atom. The SMILES string of the molecule is O=C(/C=C/c1ccccc1OC(F)(F)F)OCc1ccnc(-c2cc(COC(=O)/C=C/c3ccccc3OC(F)(F)F)ccn2)c1. The zero-order valence-corrected chi connectivity index (χ0v) is 23.4. The van der Waals surface area contributed by atoms with Gasteiger partial charge in [0.15, 0.2) is 0 Å². The predicted molar refractivity (Wildman–Crippen MR) is 151 cm³/mol. The number of hydrogen-bond donors (Lipinski definition) is 0. The fourth-order valence-corrected chi connectivity index (χ4v) is 3.80. The van der Waals surface area contributed by atoms with Gasteiger partial charge in [0.2, 0.25) is 0 Å². The zero-order valence-electron chi connectivity index (χ0n) is 23.4. The summed E-state index contributed by atoms with van der Waals surface area (Å²) >= 11 is 0. The van der Waals surface area contributed by atoms with Crippen LogP contribution >= 0.6 is 0 Å². The number of nitrogens with zero attached hydrogens (tertiary/aromatic N) is 2. The molecule has 2 aromatic heterocycles. The molecule has 0 saturated heterocycles. The molecular formula is C32H22F6N2O6. The van der Waals surface area contributed by atoms with Crippen molar-refractivity contribution in [1.82, 2.24) is 9.97 Å². The summed E-state index contributed by atoms with van der Waals surface area (Å²) in [4.78, 5) is 32.9. The van der Waals surface area contributed by atoms with Crippen LogP contribution in [0.2, 0.25) is 0 Å². The van der Waals surface area contributed by atoms with E-state index in [-0.39, 0.29) is 24.3 Å².